The number of aromatic amines is 1. The summed E-state index contributed by atoms with van der Waals surface area (Å²) < 4.78 is 5.00. The van der Waals surface area contributed by atoms with Gasteiger partial charge in [-0.05, 0) is 13.0 Å². The minimum Gasteiger partial charge on any atom is -0.472 e. The predicted octanol–water partition coefficient (Wildman–Crippen LogP) is 1.81. The molecule has 2 aromatic rings. The molecule has 1 unspecified atom stereocenters. The maximum Gasteiger partial charge on any atom is 0.167 e. The maximum atomic E-state index is 5.00. The third-order valence-electron chi connectivity index (χ3n) is 2.46. The zero-order valence-corrected chi connectivity index (χ0v) is 9.53. The summed E-state index contributed by atoms with van der Waals surface area (Å²) in [5, 5.41) is 10.4. The molecule has 86 valence electrons. The molecule has 0 amide bonds. The number of hydrogen-bond donors (Lipinski definition) is 2. The lowest BCUT2D eigenvalue weighted by Crippen LogP contribution is -2.18. The minimum absolute atomic E-state index is 0.131. The summed E-state index contributed by atoms with van der Waals surface area (Å²) in [6, 6.07) is 2.07. The largest absolute Gasteiger partial charge is 0.472 e. The van der Waals surface area contributed by atoms with Gasteiger partial charge in [-0.2, -0.15) is 5.10 Å². The second-order valence-electron chi connectivity index (χ2n) is 3.73. The average Bonchev–Trinajstić information content (AvgIpc) is 2.96. The van der Waals surface area contributed by atoms with Crippen LogP contribution in [0, 0.1) is 0 Å². The van der Waals surface area contributed by atoms with Crippen molar-refractivity contribution in [2.75, 3.05) is 0 Å². The summed E-state index contributed by atoms with van der Waals surface area (Å²) in [7, 11) is 0. The van der Waals surface area contributed by atoms with Gasteiger partial charge in [0.05, 0.1) is 18.6 Å². The van der Waals surface area contributed by atoms with E-state index < -0.39 is 0 Å². The second-order valence-corrected chi connectivity index (χ2v) is 3.73. The number of rotatable bonds is 5. The van der Waals surface area contributed by atoms with E-state index >= 15 is 0 Å². The molecule has 0 aromatic carbocycles. The molecule has 2 N–H and O–H groups in total. The van der Waals surface area contributed by atoms with Crippen LogP contribution in [0.4, 0.5) is 0 Å². The standard InChI is InChI=1S/C11H16N4O/c1-3-10-13-11(15-14-10)8(2)12-6-9-4-5-16-7-9/h4-5,7-8,12H,3,6H2,1-2H3,(H,13,14,15). The van der Waals surface area contributed by atoms with Gasteiger partial charge < -0.3 is 9.73 Å². The van der Waals surface area contributed by atoms with Crippen molar-refractivity contribution in [2.45, 2.75) is 32.9 Å². The Kier molecular flexibility index (Phi) is 3.36. The van der Waals surface area contributed by atoms with Crippen molar-refractivity contribution >= 4 is 0 Å². The Hall–Kier alpha value is -1.62. The molecule has 2 aromatic heterocycles. The molecule has 0 fully saturated rings. The van der Waals surface area contributed by atoms with Gasteiger partial charge in [0.15, 0.2) is 5.82 Å². The third-order valence-corrected chi connectivity index (χ3v) is 2.46. The van der Waals surface area contributed by atoms with E-state index in [4.69, 9.17) is 4.42 Å². The lowest BCUT2D eigenvalue weighted by Gasteiger charge is -2.08. The minimum atomic E-state index is 0.131. The molecule has 2 heterocycles. The number of nitrogens with zero attached hydrogens (tertiary/aromatic N) is 2. The van der Waals surface area contributed by atoms with Gasteiger partial charge in [0, 0.05) is 18.5 Å². The van der Waals surface area contributed by atoms with Crippen LogP contribution < -0.4 is 5.32 Å². The Labute approximate surface area is 94.3 Å². The topological polar surface area (TPSA) is 66.7 Å². The first-order valence-electron chi connectivity index (χ1n) is 5.45. The zero-order chi connectivity index (χ0) is 11.4. The molecule has 0 bridgehead atoms. The van der Waals surface area contributed by atoms with Crippen molar-refractivity contribution < 1.29 is 4.42 Å². The van der Waals surface area contributed by atoms with Crippen molar-refractivity contribution in [2.24, 2.45) is 0 Å². The van der Waals surface area contributed by atoms with E-state index in [-0.39, 0.29) is 6.04 Å². The Morgan fingerprint density at radius 3 is 3.06 bits per heavy atom. The van der Waals surface area contributed by atoms with E-state index in [1.807, 2.05) is 19.9 Å². The van der Waals surface area contributed by atoms with Crippen LogP contribution in [-0.4, -0.2) is 15.2 Å². The van der Waals surface area contributed by atoms with E-state index in [0.717, 1.165) is 30.2 Å². The fourth-order valence-corrected chi connectivity index (χ4v) is 1.42. The van der Waals surface area contributed by atoms with Crippen LogP contribution in [0.25, 0.3) is 0 Å². The van der Waals surface area contributed by atoms with Crippen LogP contribution in [0.15, 0.2) is 23.0 Å². The van der Waals surface area contributed by atoms with E-state index in [1.54, 1.807) is 12.5 Å². The Morgan fingerprint density at radius 1 is 1.56 bits per heavy atom. The maximum absolute atomic E-state index is 5.00. The molecule has 2 rings (SSSR count). The zero-order valence-electron chi connectivity index (χ0n) is 9.53. The molecule has 0 spiro atoms. The Bertz CT molecular complexity index is 421. The van der Waals surface area contributed by atoms with Crippen LogP contribution in [0.5, 0.6) is 0 Å². The van der Waals surface area contributed by atoms with E-state index in [0.29, 0.717) is 0 Å². The normalized spacial score (nSPS) is 12.9. The smallest absolute Gasteiger partial charge is 0.167 e. The number of nitrogens with one attached hydrogen (secondary N) is 2. The highest BCUT2D eigenvalue weighted by Gasteiger charge is 2.10. The summed E-state index contributed by atoms with van der Waals surface area (Å²) in [6.45, 7) is 4.85. The number of aryl methyl sites for hydroxylation is 1. The second kappa shape index (κ2) is 4.94. The molecule has 16 heavy (non-hydrogen) atoms. The van der Waals surface area contributed by atoms with Crippen LogP contribution in [-0.2, 0) is 13.0 Å². The summed E-state index contributed by atoms with van der Waals surface area (Å²) in [5.41, 5.74) is 1.12. The molecular weight excluding hydrogens is 204 g/mol. The monoisotopic (exact) mass is 220 g/mol. The first-order valence-corrected chi connectivity index (χ1v) is 5.45. The molecule has 1 atom stereocenters. The number of hydrogen-bond acceptors (Lipinski definition) is 4. The van der Waals surface area contributed by atoms with Crippen molar-refractivity contribution in [3.63, 3.8) is 0 Å². The van der Waals surface area contributed by atoms with Crippen molar-refractivity contribution in [1.82, 2.24) is 20.5 Å². The molecule has 0 saturated heterocycles. The van der Waals surface area contributed by atoms with Crippen LogP contribution in [0.3, 0.4) is 0 Å². The van der Waals surface area contributed by atoms with Crippen molar-refractivity contribution in [3.8, 4) is 0 Å². The SMILES string of the molecule is CCc1nc(C(C)NCc2ccoc2)n[nH]1. The Balaban J connectivity index is 1.90. The highest BCUT2D eigenvalue weighted by molar-refractivity contribution is 5.05. The first-order chi connectivity index (χ1) is 7.79. The number of aromatic nitrogens is 3. The van der Waals surface area contributed by atoms with Gasteiger partial charge >= 0.3 is 0 Å². The molecule has 0 aliphatic heterocycles. The van der Waals surface area contributed by atoms with Gasteiger partial charge in [0.25, 0.3) is 0 Å². The van der Waals surface area contributed by atoms with Crippen molar-refractivity contribution in [1.29, 1.82) is 0 Å². The molecule has 0 radical (unpaired) electrons. The molecule has 5 nitrogen and oxygen atoms in total. The molecule has 0 aliphatic carbocycles. The van der Waals surface area contributed by atoms with Crippen LogP contribution in [0.1, 0.15) is 37.1 Å². The fourth-order valence-electron chi connectivity index (χ4n) is 1.42. The molecule has 0 saturated carbocycles. The van der Waals surface area contributed by atoms with E-state index in [9.17, 15) is 0 Å². The molecule has 5 heteroatoms. The van der Waals surface area contributed by atoms with Crippen LogP contribution in [0.2, 0.25) is 0 Å². The van der Waals surface area contributed by atoms with Gasteiger partial charge in [-0.3, -0.25) is 5.10 Å². The summed E-state index contributed by atoms with van der Waals surface area (Å²) in [6.07, 6.45) is 4.28. The fraction of sp³-hybridized carbons (Fsp3) is 0.455. The van der Waals surface area contributed by atoms with Gasteiger partial charge in [-0.1, -0.05) is 6.92 Å². The molecular formula is C11H16N4O. The summed E-state index contributed by atoms with van der Waals surface area (Å²) in [4.78, 5) is 4.38. The number of furan rings is 1. The van der Waals surface area contributed by atoms with Crippen LogP contribution >= 0.6 is 0 Å². The van der Waals surface area contributed by atoms with E-state index in [1.165, 1.54) is 0 Å². The summed E-state index contributed by atoms with van der Waals surface area (Å²) in [5.74, 6) is 1.73. The highest BCUT2D eigenvalue weighted by atomic mass is 16.3. The Morgan fingerprint density at radius 2 is 2.44 bits per heavy atom. The first kappa shape index (κ1) is 10.9. The number of H-pyrrole nitrogens is 1. The highest BCUT2D eigenvalue weighted by Crippen LogP contribution is 2.08. The van der Waals surface area contributed by atoms with Gasteiger partial charge in [0.2, 0.25) is 0 Å². The van der Waals surface area contributed by atoms with Gasteiger partial charge in [-0.15, -0.1) is 0 Å². The van der Waals surface area contributed by atoms with Gasteiger partial charge in [-0.25, -0.2) is 4.98 Å². The van der Waals surface area contributed by atoms with E-state index in [2.05, 4.69) is 20.5 Å². The lowest BCUT2D eigenvalue weighted by atomic mass is 10.3. The van der Waals surface area contributed by atoms with Crippen molar-refractivity contribution in [3.05, 3.63) is 35.8 Å². The lowest BCUT2D eigenvalue weighted by molar-refractivity contribution is 0.533. The predicted molar refractivity (Wildman–Crippen MR) is 59.7 cm³/mol. The summed E-state index contributed by atoms with van der Waals surface area (Å²) >= 11 is 0. The quantitative estimate of drug-likeness (QED) is 0.806. The molecule has 0 aliphatic rings. The van der Waals surface area contributed by atoms with Gasteiger partial charge in [0.1, 0.15) is 5.82 Å². The third kappa shape index (κ3) is 2.49. The average molecular weight is 220 g/mol.